The van der Waals surface area contributed by atoms with Crippen LogP contribution < -0.4 is 14.8 Å². The molecule has 0 radical (unpaired) electrons. The Bertz CT molecular complexity index is 1020. The van der Waals surface area contributed by atoms with Crippen LogP contribution in [0.4, 0.5) is 0 Å². The molecular formula is C22H29ClN2O4S. The summed E-state index contributed by atoms with van der Waals surface area (Å²) in [6.07, 6.45) is 0.684. The van der Waals surface area contributed by atoms with E-state index in [1.54, 1.807) is 0 Å². The molecule has 2 rings (SSSR count). The van der Waals surface area contributed by atoms with Gasteiger partial charge in [-0.3, -0.25) is 4.79 Å². The van der Waals surface area contributed by atoms with Crippen molar-refractivity contribution in [2.45, 2.75) is 52.0 Å². The molecule has 164 valence electrons. The van der Waals surface area contributed by atoms with E-state index < -0.39 is 10.0 Å². The van der Waals surface area contributed by atoms with Gasteiger partial charge in [-0.1, -0.05) is 30.7 Å². The Morgan fingerprint density at radius 1 is 1.10 bits per heavy atom. The smallest absolute Gasteiger partial charge is 0.258 e. The normalized spacial score (nSPS) is 12.5. The van der Waals surface area contributed by atoms with Gasteiger partial charge in [0.05, 0.1) is 16.0 Å². The number of rotatable bonds is 9. The van der Waals surface area contributed by atoms with Crippen molar-refractivity contribution in [1.29, 1.82) is 0 Å². The molecule has 6 nitrogen and oxygen atoms in total. The van der Waals surface area contributed by atoms with Crippen LogP contribution in [-0.4, -0.2) is 27.5 Å². The number of amides is 1. The Hall–Kier alpha value is -2.09. The summed E-state index contributed by atoms with van der Waals surface area (Å²) in [5.74, 6) is -0.0474. The van der Waals surface area contributed by atoms with E-state index in [4.69, 9.17) is 16.3 Å². The van der Waals surface area contributed by atoms with Gasteiger partial charge in [-0.2, -0.15) is 0 Å². The summed E-state index contributed by atoms with van der Waals surface area (Å²) in [6.45, 7) is 10.0. The zero-order chi connectivity index (χ0) is 22.5. The number of carbonyl (C=O) groups excluding carboxylic acids is 1. The van der Waals surface area contributed by atoms with Crippen molar-refractivity contribution in [3.63, 3.8) is 0 Å². The molecule has 0 heterocycles. The molecule has 2 aromatic carbocycles. The van der Waals surface area contributed by atoms with Crippen LogP contribution in [0.2, 0.25) is 5.02 Å². The summed E-state index contributed by atoms with van der Waals surface area (Å²) in [4.78, 5) is 12.4. The van der Waals surface area contributed by atoms with Crippen molar-refractivity contribution in [3.8, 4) is 5.75 Å². The summed E-state index contributed by atoms with van der Waals surface area (Å²) in [5, 5.41) is 3.04. The van der Waals surface area contributed by atoms with Crippen molar-refractivity contribution >= 4 is 27.5 Å². The van der Waals surface area contributed by atoms with Crippen LogP contribution >= 0.6 is 11.6 Å². The predicted molar refractivity (Wildman–Crippen MR) is 120 cm³/mol. The molecule has 0 saturated carbocycles. The number of carbonyl (C=O) groups is 1. The number of halogens is 1. The minimum Gasteiger partial charge on any atom is -0.482 e. The zero-order valence-electron chi connectivity index (χ0n) is 18.0. The van der Waals surface area contributed by atoms with E-state index >= 15 is 0 Å². The van der Waals surface area contributed by atoms with Gasteiger partial charge in [0.1, 0.15) is 5.75 Å². The number of ether oxygens (including phenoxy) is 1. The highest BCUT2D eigenvalue weighted by Crippen LogP contribution is 2.27. The SMILES string of the molecule is CCCNS(=O)(=O)c1ccc(OCC(=O)N[C@@H](C)c2cc(C)c(C)cc2C)c(Cl)c1. The highest BCUT2D eigenvalue weighted by atomic mass is 35.5. The molecule has 0 bridgehead atoms. The van der Waals surface area contributed by atoms with Crippen LogP contribution in [0.5, 0.6) is 5.75 Å². The summed E-state index contributed by atoms with van der Waals surface area (Å²) in [5.41, 5.74) is 4.55. The van der Waals surface area contributed by atoms with Crippen LogP contribution in [0.25, 0.3) is 0 Å². The first-order valence-electron chi connectivity index (χ1n) is 9.84. The van der Waals surface area contributed by atoms with Gasteiger partial charge >= 0.3 is 0 Å². The molecule has 0 unspecified atom stereocenters. The monoisotopic (exact) mass is 452 g/mol. The third-order valence-corrected chi connectivity index (χ3v) is 6.59. The largest absolute Gasteiger partial charge is 0.482 e. The van der Waals surface area contributed by atoms with E-state index in [1.165, 1.54) is 29.3 Å². The summed E-state index contributed by atoms with van der Waals surface area (Å²) in [7, 11) is -3.62. The molecule has 30 heavy (non-hydrogen) atoms. The van der Waals surface area contributed by atoms with Gasteiger partial charge in [0.2, 0.25) is 10.0 Å². The second kappa shape index (κ2) is 10.3. The van der Waals surface area contributed by atoms with E-state index in [2.05, 4.69) is 29.1 Å². The van der Waals surface area contributed by atoms with Crippen molar-refractivity contribution in [2.24, 2.45) is 0 Å². The molecule has 0 aliphatic carbocycles. The summed E-state index contributed by atoms with van der Waals surface area (Å²) >= 11 is 6.16. The van der Waals surface area contributed by atoms with Gasteiger partial charge < -0.3 is 10.1 Å². The number of sulfonamides is 1. The Morgan fingerprint density at radius 3 is 2.40 bits per heavy atom. The van der Waals surface area contributed by atoms with E-state index in [0.717, 1.165) is 11.1 Å². The second-order valence-corrected chi connectivity index (χ2v) is 9.54. The fourth-order valence-corrected chi connectivity index (χ4v) is 4.50. The number of nitrogens with one attached hydrogen (secondary N) is 2. The molecule has 2 N–H and O–H groups in total. The van der Waals surface area contributed by atoms with Gasteiger partial charge in [-0.25, -0.2) is 13.1 Å². The molecule has 0 aliphatic heterocycles. The highest BCUT2D eigenvalue weighted by molar-refractivity contribution is 7.89. The van der Waals surface area contributed by atoms with Crippen LogP contribution in [0.15, 0.2) is 35.2 Å². The summed E-state index contributed by atoms with van der Waals surface area (Å²) < 4.78 is 32.3. The molecule has 1 amide bonds. The fraction of sp³-hybridized carbons (Fsp3) is 0.409. The first kappa shape index (κ1) is 24.2. The van der Waals surface area contributed by atoms with Gasteiger partial charge in [0.15, 0.2) is 6.61 Å². The molecule has 1 atom stereocenters. The number of hydrogen-bond donors (Lipinski definition) is 2. The lowest BCUT2D eigenvalue weighted by Gasteiger charge is -2.19. The Labute approximate surface area is 184 Å². The quantitative estimate of drug-likeness (QED) is 0.596. The van der Waals surface area contributed by atoms with E-state index in [-0.39, 0.29) is 34.2 Å². The predicted octanol–water partition coefficient (Wildman–Crippen LogP) is 4.21. The number of aryl methyl sites for hydroxylation is 3. The van der Waals surface area contributed by atoms with Crippen LogP contribution in [0, 0.1) is 20.8 Å². The minimum atomic E-state index is -3.62. The lowest BCUT2D eigenvalue weighted by atomic mass is 9.96. The van der Waals surface area contributed by atoms with Gasteiger partial charge in [-0.05, 0) is 74.6 Å². The lowest BCUT2D eigenvalue weighted by Crippen LogP contribution is -2.31. The number of hydrogen-bond acceptors (Lipinski definition) is 4. The maximum absolute atomic E-state index is 12.3. The van der Waals surface area contributed by atoms with Gasteiger partial charge in [-0.15, -0.1) is 0 Å². The maximum atomic E-state index is 12.3. The van der Waals surface area contributed by atoms with Crippen molar-refractivity contribution in [3.05, 3.63) is 57.6 Å². The van der Waals surface area contributed by atoms with Crippen LogP contribution in [0.3, 0.4) is 0 Å². The van der Waals surface area contributed by atoms with E-state index in [1.807, 2.05) is 27.7 Å². The van der Waals surface area contributed by atoms with Crippen molar-refractivity contribution in [1.82, 2.24) is 10.0 Å². The molecule has 8 heteroatoms. The Kier molecular flexibility index (Phi) is 8.29. The third-order valence-electron chi connectivity index (χ3n) is 4.84. The van der Waals surface area contributed by atoms with Crippen molar-refractivity contribution < 1.29 is 17.9 Å². The third kappa shape index (κ3) is 6.20. The summed E-state index contributed by atoms with van der Waals surface area (Å²) in [6, 6.07) is 8.18. The van der Waals surface area contributed by atoms with Crippen LogP contribution in [-0.2, 0) is 14.8 Å². The van der Waals surface area contributed by atoms with Crippen LogP contribution in [0.1, 0.15) is 48.6 Å². The first-order valence-corrected chi connectivity index (χ1v) is 11.7. The molecule has 0 aliphatic rings. The van der Waals surface area contributed by atoms with E-state index in [9.17, 15) is 13.2 Å². The Morgan fingerprint density at radius 2 is 1.77 bits per heavy atom. The minimum absolute atomic E-state index is 0.0524. The maximum Gasteiger partial charge on any atom is 0.258 e. The molecule has 0 aromatic heterocycles. The van der Waals surface area contributed by atoms with E-state index in [0.29, 0.717) is 13.0 Å². The average molecular weight is 453 g/mol. The number of benzene rings is 2. The Balaban J connectivity index is 2.00. The molecule has 0 fully saturated rings. The lowest BCUT2D eigenvalue weighted by molar-refractivity contribution is -0.123. The highest BCUT2D eigenvalue weighted by Gasteiger charge is 2.17. The fourth-order valence-electron chi connectivity index (χ4n) is 3.04. The van der Waals surface area contributed by atoms with Gasteiger partial charge in [0, 0.05) is 6.54 Å². The molecule has 2 aromatic rings. The molecule has 0 saturated heterocycles. The topological polar surface area (TPSA) is 84.5 Å². The zero-order valence-corrected chi connectivity index (χ0v) is 19.6. The second-order valence-electron chi connectivity index (χ2n) is 7.36. The molecular weight excluding hydrogens is 424 g/mol. The van der Waals surface area contributed by atoms with Crippen molar-refractivity contribution in [2.75, 3.05) is 13.2 Å². The average Bonchev–Trinajstić information content (AvgIpc) is 2.68. The van der Waals surface area contributed by atoms with Gasteiger partial charge in [0.25, 0.3) is 5.91 Å². The standard InChI is InChI=1S/C22H29ClN2O4S/c1-6-9-24-30(27,28)18-7-8-21(20(23)12-18)29-13-22(26)25-17(5)19-11-15(3)14(2)10-16(19)4/h7-8,10-12,17,24H,6,9,13H2,1-5H3,(H,25,26)/t17-/m0/s1. The molecule has 0 spiro atoms. The first-order chi connectivity index (χ1) is 14.0.